The molecule has 3 heteroatoms. The maximum atomic E-state index is 4.27. The minimum absolute atomic E-state index is 0.664. The van der Waals surface area contributed by atoms with Gasteiger partial charge in [0.25, 0.3) is 0 Å². The third-order valence-electron chi connectivity index (χ3n) is 3.09. The molecule has 98 valence electrons. The first-order chi connectivity index (χ1) is 9.93. The van der Waals surface area contributed by atoms with E-state index in [9.17, 15) is 0 Å². The van der Waals surface area contributed by atoms with Gasteiger partial charge in [0, 0.05) is 23.6 Å². The molecule has 0 unspecified atom stereocenters. The summed E-state index contributed by atoms with van der Waals surface area (Å²) in [5, 5.41) is 3.43. The lowest BCUT2D eigenvalue weighted by molar-refractivity contribution is 1.01. The van der Waals surface area contributed by atoms with E-state index in [1.165, 1.54) is 11.1 Å². The highest BCUT2D eigenvalue weighted by Gasteiger charge is 2.03. The minimum atomic E-state index is 0.664. The molecule has 3 nitrogen and oxygen atoms in total. The smallest absolute Gasteiger partial charge is 0.0777 e. The van der Waals surface area contributed by atoms with Crippen molar-refractivity contribution >= 4 is 5.69 Å². The zero-order valence-corrected chi connectivity index (χ0v) is 11.0. The summed E-state index contributed by atoms with van der Waals surface area (Å²) in [6, 6.07) is 18.6. The van der Waals surface area contributed by atoms with Crippen LogP contribution in [0.25, 0.3) is 11.1 Å². The largest absolute Gasteiger partial charge is 0.379 e. The van der Waals surface area contributed by atoms with E-state index < -0.39 is 0 Å². The van der Waals surface area contributed by atoms with Gasteiger partial charge in [0.15, 0.2) is 0 Å². The Balaban J connectivity index is 1.84. The molecule has 0 aliphatic carbocycles. The molecule has 2 aromatic carbocycles. The number of anilines is 1. The zero-order valence-electron chi connectivity index (χ0n) is 11.0. The third kappa shape index (κ3) is 2.83. The molecule has 0 radical (unpaired) electrons. The molecular weight excluding hydrogens is 246 g/mol. The Bertz CT molecular complexity index is 666. The molecule has 0 spiro atoms. The highest BCUT2D eigenvalue weighted by molar-refractivity contribution is 5.77. The van der Waals surface area contributed by atoms with Crippen molar-refractivity contribution in [3.8, 4) is 11.1 Å². The van der Waals surface area contributed by atoms with Crippen molar-refractivity contribution in [1.29, 1.82) is 0 Å². The molecule has 20 heavy (non-hydrogen) atoms. The number of nitrogens with zero attached hydrogens (tertiary/aromatic N) is 2. The normalized spacial score (nSPS) is 10.2. The van der Waals surface area contributed by atoms with Crippen LogP contribution in [0.2, 0.25) is 0 Å². The van der Waals surface area contributed by atoms with Gasteiger partial charge in [-0.25, -0.2) is 0 Å². The molecule has 0 saturated heterocycles. The van der Waals surface area contributed by atoms with Gasteiger partial charge in [0.05, 0.1) is 18.4 Å². The zero-order chi connectivity index (χ0) is 13.6. The van der Waals surface area contributed by atoms with Crippen molar-refractivity contribution in [2.75, 3.05) is 5.32 Å². The summed E-state index contributed by atoms with van der Waals surface area (Å²) in [5.41, 5.74) is 4.42. The van der Waals surface area contributed by atoms with Gasteiger partial charge in [0.1, 0.15) is 0 Å². The van der Waals surface area contributed by atoms with Gasteiger partial charge in [-0.15, -0.1) is 0 Å². The van der Waals surface area contributed by atoms with Crippen LogP contribution in [0.15, 0.2) is 73.2 Å². The number of benzene rings is 2. The van der Waals surface area contributed by atoms with Crippen molar-refractivity contribution in [2.45, 2.75) is 6.54 Å². The first-order valence-corrected chi connectivity index (χ1v) is 6.57. The van der Waals surface area contributed by atoms with Crippen molar-refractivity contribution < 1.29 is 0 Å². The summed E-state index contributed by atoms with van der Waals surface area (Å²) in [6.07, 6.45) is 5.17. The van der Waals surface area contributed by atoms with Crippen LogP contribution in [0, 0.1) is 0 Å². The third-order valence-corrected chi connectivity index (χ3v) is 3.09. The number of hydrogen-bond donors (Lipinski definition) is 1. The maximum Gasteiger partial charge on any atom is 0.0777 e. The van der Waals surface area contributed by atoms with Crippen molar-refractivity contribution in [3.63, 3.8) is 0 Å². The van der Waals surface area contributed by atoms with E-state index in [0.29, 0.717) is 6.54 Å². The predicted molar refractivity (Wildman–Crippen MR) is 81.2 cm³/mol. The number of aromatic nitrogens is 2. The summed E-state index contributed by atoms with van der Waals surface area (Å²) in [6.45, 7) is 0.664. The Hall–Kier alpha value is -2.68. The van der Waals surface area contributed by atoms with E-state index in [4.69, 9.17) is 0 Å². The fraction of sp³-hybridized carbons (Fsp3) is 0.0588. The van der Waals surface area contributed by atoms with E-state index in [2.05, 4.69) is 57.7 Å². The van der Waals surface area contributed by atoms with Crippen molar-refractivity contribution in [1.82, 2.24) is 9.97 Å². The Morgan fingerprint density at radius 2 is 1.65 bits per heavy atom. The Morgan fingerprint density at radius 3 is 2.45 bits per heavy atom. The molecule has 3 aromatic rings. The molecular formula is C17H15N3. The molecule has 0 bridgehead atoms. The second-order valence-corrected chi connectivity index (χ2v) is 4.46. The van der Waals surface area contributed by atoms with Crippen molar-refractivity contribution in [3.05, 3.63) is 78.9 Å². The lowest BCUT2D eigenvalue weighted by Crippen LogP contribution is -2.02. The molecule has 0 saturated carbocycles. The molecule has 0 aliphatic heterocycles. The van der Waals surface area contributed by atoms with E-state index in [1.807, 2.05) is 12.1 Å². The van der Waals surface area contributed by atoms with Gasteiger partial charge in [-0.3, -0.25) is 9.97 Å². The molecule has 0 fully saturated rings. The standard InChI is InChI=1S/C17H15N3/c1-2-6-14(7-3-1)16-8-4-5-9-17(16)20-13-15-12-18-10-11-19-15/h1-12,20H,13H2. The molecule has 1 aromatic heterocycles. The summed E-state index contributed by atoms with van der Waals surface area (Å²) in [5.74, 6) is 0. The average Bonchev–Trinajstić information content (AvgIpc) is 2.55. The quantitative estimate of drug-likeness (QED) is 0.777. The Kier molecular flexibility index (Phi) is 3.69. The highest BCUT2D eigenvalue weighted by Crippen LogP contribution is 2.27. The summed E-state index contributed by atoms with van der Waals surface area (Å²) < 4.78 is 0. The number of nitrogens with one attached hydrogen (secondary N) is 1. The van der Waals surface area contributed by atoms with Gasteiger partial charge >= 0.3 is 0 Å². The SMILES string of the molecule is c1ccc(-c2ccccc2NCc2cnccn2)cc1. The van der Waals surface area contributed by atoms with Crippen LogP contribution in [-0.4, -0.2) is 9.97 Å². The van der Waals surface area contributed by atoms with E-state index in [1.54, 1.807) is 18.6 Å². The van der Waals surface area contributed by atoms with E-state index >= 15 is 0 Å². The van der Waals surface area contributed by atoms with Crippen molar-refractivity contribution in [2.24, 2.45) is 0 Å². The first-order valence-electron chi connectivity index (χ1n) is 6.57. The lowest BCUT2D eigenvalue weighted by atomic mass is 10.0. The fourth-order valence-electron chi connectivity index (χ4n) is 2.11. The number of para-hydroxylation sites is 1. The summed E-state index contributed by atoms with van der Waals surface area (Å²) >= 11 is 0. The van der Waals surface area contributed by atoms with E-state index in [-0.39, 0.29) is 0 Å². The summed E-state index contributed by atoms with van der Waals surface area (Å²) in [7, 11) is 0. The maximum absolute atomic E-state index is 4.27. The predicted octanol–water partition coefficient (Wildman–Crippen LogP) is 3.76. The van der Waals surface area contributed by atoms with Gasteiger partial charge in [-0.2, -0.15) is 0 Å². The number of hydrogen-bond acceptors (Lipinski definition) is 3. The average molecular weight is 261 g/mol. The Morgan fingerprint density at radius 1 is 0.850 bits per heavy atom. The highest BCUT2D eigenvalue weighted by atomic mass is 14.9. The van der Waals surface area contributed by atoms with Crippen LogP contribution in [0.1, 0.15) is 5.69 Å². The molecule has 1 heterocycles. The lowest BCUT2D eigenvalue weighted by Gasteiger charge is -2.11. The van der Waals surface area contributed by atoms with Crippen LogP contribution in [-0.2, 0) is 6.54 Å². The molecule has 1 N–H and O–H groups in total. The minimum Gasteiger partial charge on any atom is -0.379 e. The topological polar surface area (TPSA) is 37.8 Å². The van der Waals surface area contributed by atoms with Gasteiger partial charge in [-0.1, -0.05) is 48.5 Å². The van der Waals surface area contributed by atoms with Crippen LogP contribution in [0.5, 0.6) is 0 Å². The second-order valence-electron chi connectivity index (χ2n) is 4.46. The van der Waals surface area contributed by atoms with Gasteiger partial charge in [0.2, 0.25) is 0 Å². The van der Waals surface area contributed by atoms with Gasteiger partial charge in [-0.05, 0) is 11.6 Å². The van der Waals surface area contributed by atoms with Crippen LogP contribution >= 0.6 is 0 Å². The van der Waals surface area contributed by atoms with E-state index in [0.717, 1.165) is 11.4 Å². The van der Waals surface area contributed by atoms with Crippen LogP contribution in [0.4, 0.5) is 5.69 Å². The summed E-state index contributed by atoms with van der Waals surface area (Å²) in [4.78, 5) is 8.35. The first kappa shape index (κ1) is 12.4. The molecule has 0 aliphatic rings. The molecule has 3 rings (SSSR count). The molecule has 0 atom stereocenters. The van der Waals surface area contributed by atoms with Gasteiger partial charge < -0.3 is 5.32 Å². The molecule has 0 amide bonds. The fourth-order valence-corrected chi connectivity index (χ4v) is 2.11. The van der Waals surface area contributed by atoms with Crippen LogP contribution in [0.3, 0.4) is 0 Å². The van der Waals surface area contributed by atoms with Crippen LogP contribution < -0.4 is 5.32 Å². The monoisotopic (exact) mass is 261 g/mol. The second kappa shape index (κ2) is 5.97. The number of rotatable bonds is 4. The Labute approximate surface area is 118 Å².